The number of nitrogens with one attached hydrogen (secondary N) is 1. The standard InChI is InChI=1S/C17H14FN3O/c18-13-5-1-11(2-6-13)9-16-20-15(10-17(22)21-16)12-3-7-14(19)8-4-12/h1-8,10H,9,19H2,(H,20,21,22). The Bertz CT molecular complexity index is 839. The van der Waals surface area contributed by atoms with Crippen LogP contribution >= 0.6 is 0 Å². The lowest BCUT2D eigenvalue weighted by molar-refractivity contribution is 0.627. The van der Waals surface area contributed by atoms with Gasteiger partial charge in [-0.3, -0.25) is 4.79 Å². The molecule has 0 atom stereocenters. The molecule has 1 aromatic heterocycles. The number of hydrogen-bond donors (Lipinski definition) is 2. The fourth-order valence-corrected chi connectivity index (χ4v) is 2.19. The molecule has 0 amide bonds. The van der Waals surface area contributed by atoms with Gasteiger partial charge in [-0.05, 0) is 29.8 Å². The highest BCUT2D eigenvalue weighted by Gasteiger charge is 2.05. The van der Waals surface area contributed by atoms with Crippen molar-refractivity contribution in [3.63, 3.8) is 0 Å². The Kier molecular flexibility index (Phi) is 3.70. The Hall–Kier alpha value is -2.95. The van der Waals surface area contributed by atoms with E-state index >= 15 is 0 Å². The predicted molar refractivity (Wildman–Crippen MR) is 83.9 cm³/mol. The highest BCUT2D eigenvalue weighted by atomic mass is 19.1. The van der Waals surface area contributed by atoms with Crippen LogP contribution in [0.15, 0.2) is 59.4 Å². The van der Waals surface area contributed by atoms with Gasteiger partial charge in [-0.1, -0.05) is 24.3 Å². The molecule has 22 heavy (non-hydrogen) atoms. The largest absolute Gasteiger partial charge is 0.399 e. The number of anilines is 1. The summed E-state index contributed by atoms with van der Waals surface area (Å²) in [5, 5.41) is 0. The number of rotatable bonds is 3. The van der Waals surface area contributed by atoms with E-state index in [0.717, 1.165) is 11.1 Å². The fourth-order valence-electron chi connectivity index (χ4n) is 2.19. The minimum Gasteiger partial charge on any atom is -0.399 e. The third-order valence-corrected chi connectivity index (χ3v) is 3.28. The van der Waals surface area contributed by atoms with Crippen LogP contribution in [-0.4, -0.2) is 9.97 Å². The van der Waals surface area contributed by atoms with Crippen LogP contribution in [0.1, 0.15) is 11.4 Å². The molecule has 0 saturated heterocycles. The quantitative estimate of drug-likeness (QED) is 0.730. The van der Waals surface area contributed by atoms with E-state index in [1.807, 2.05) is 12.1 Å². The molecule has 4 nitrogen and oxygen atoms in total. The number of halogens is 1. The zero-order chi connectivity index (χ0) is 15.5. The molecule has 0 bridgehead atoms. The number of aromatic nitrogens is 2. The second kappa shape index (κ2) is 5.81. The third kappa shape index (κ3) is 3.20. The first-order chi connectivity index (χ1) is 10.6. The minimum atomic E-state index is -0.291. The monoisotopic (exact) mass is 295 g/mol. The maximum Gasteiger partial charge on any atom is 0.251 e. The summed E-state index contributed by atoms with van der Waals surface area (Å²) in [6.07, 6.45) is 0.429. The van der Waals surface area contributed by atoms with Gasteiger partial charge in [0.15, 0.2) is 0 Å². The average Bonchev–Trinajstić information content (AvgIpc) is 2.50. The molecule has 5 heteroatoms. The summed E-state index contributed by atoms with van der Waals surface area (Å²) in [6.45, 7) is 0. The maximum absolute atomic E-state index is 12.9. The van der Waals surface area contributed by atoms with Crippen molar-refractivity contribution in [1.82, 2.24) is 9.97 Å². The molecule has 0 spiro atoms. The first-order valence-electron chi connectivity index (χ1n) is 6.81. The van der Waals surface area contributed by atoms with Crippen LogP contribution < -0.4 is 11.3 Å². The van der Waals surface area contributed by atoms with Crippen molar-refractivity contribution in [3.8, 4) is 11.3 Å². The highest BCUT2D eigenvalue weighted by Crippen LogP contribution is 2.17. The molecule has 0 unspecified atom stereocenters. The van der Waals surface area contributed by atoms with Crippen LogP contribution in [0.25, 0.3) is 11.3 Å². The van der Waals surface area contributed by atoms with Crippen molar-refractivity contribution < 1.29 is 4.39 Å². The second-order valence-corrected chi connectivity index (χ2v) is 5.00. The topological polar surface area (TPSA) is 71.8 Å². The molecular formula is C17H14FN3O. The zero-order valence-corrected chi connectivity index (χ0v) is 11.7. The molecule has 0 fully saturated rings. The van der Waals surface area contributed by atoms with Gasteiger partial charge in [0.2, 0.25) is 0 Å². The van der Waals surface area contributed by atoms with Crippen molar-refractivity contribution >= 4 is 5.69 Å². The van der Waals surface area contributed by atoms with Crippen LogP contribution in [0.5, 0.6) is 0 Å². The summed E-state index contributed by atoms with van der Waals surface area (Å²) in [4.78, 5) is 19.0. The lowest BCUT2D eigenvalue weighted by Crippen LogP contribution is -2.11. The van der Waals surface area contributed by atoms with Gasteiger partial charge in [0.1, 0.15) is 11.6 Å². The molecule has 3 rings (SSSR count). The Balaban J connectivity index is 1.94. The van der Waals surface area contributed by atoms with Crippen LogP contribution in [0, 0.1) is 5.82 Å². The number of nitrogen functional groups attached to an aromatic ring is 1. The number of benzene rings is 2. The highest BCUT2D eigenvalue weighted by molar-refractivity contribution is 5.61. The number of hydrogen-bond acceptors (Lipinski definition) is 3. The van der Waals surface area contributed by atoms with Crippen molar-refractivity contribution in [2.45, 2.75) is 6.42 Å². The van der Waals surface area contributed by atoms with Gasteiger partial charge in [-0.2, -0.15) is 0 Å². The minimum absolute atomic E-state index is 0.223. The lowest BCUT2D eigenvalue weighted by atomic mass is 10.1. The van der Waals surface area contributed by atoms with E-state index in [4.69, 9.17) is 5.73 Å². The summed E-state index contributed by atoms with van der Waals surface area (Å²) in [5.41, 5.74) is 8.37. The van der Waals surface area contributed by atoms with Gasteiger partial charge in [0.05, 0.1) is 5.69 Å². The Morgan fingerprint density at radius 1 is 1.05 bits per heavy atom. The van der Waals surface area contributed by atoms with Crippen molar-refractivity contribution in [1.29, 1.82) is 0 Å². The van der Waals surface area contributed by atoms with Gasteiger partial charge in [0, 0.05) is 23.7 Å². The molecule has 0 aliphatic heterocycles. The Morgan fingerprint density at radius 2 is 1.73 bits per heavy atom. The smallest absolute Gasteiger partial charge is 0.251 e. The Labute approximate surface area is 126 Å². The van der Waals surface area contributed by atoms with E-state index in [2.05, 4.69) is 9.97 Å². The van der Waals surface area contributed by atoms with E-state index in [1.165, 1.54) is 18.2 Å². The molecule has 0 aliphatic carbocycles. The average molecular weight is 295 g/mol. The summed E-state index contributed by atoms with van der Waals surface area (Å²) in [6, 6.07) is 14.7. The van der Waals surface area contributed by atoms with Crippen LogP contribution in [-0.2, 0) is 6.42 Å². The van der Waals surface area contributed by atoms with Gasteiger partial charge in [-0.15, -0.1) is 0 Å². The summed E-state index contributed by atoms with van der Waals surface area (Å²) in [5.74, 6) is 0.242. The van der Waals surface area contributed by atoms with E-state index < -0.39 is 0 Å². The van der Waals surface area contributed by atoms with Crippen LogP contribution in [0.4, 0.5) is 10.1 Å². The fraction of sp³-hybridized carbons (Fsp3) is 0.0588. The maximum atomic E-state index is 12.9. The molecule has 3 N–H and O–H groups in total. The van der Waals surface area contributed by atoms with Gasteiger partial charge in [0.25, 0.3) is 5.56 Å². The molecule has 110 valence electrons. The molecule has 0 saturated carbocycles. The van der Waals surface area contributed by atoms with Gasteiger partial charge >= 0.3 is 0 Å². The normalized spacial score (nSPS) is 10.6. The first kappa shape index (κ1) is 14.0. The van der Waals surface area contributed by atoms with E-state index in [9.17, 15) is 9.18 Å². The van der Waals surface area contributed by atoms with Gasteiger partial charge < -0.3 is 10.7 Å². The van der Waals surface area contributed by atoms with E-state index in [0.29, 0.717) is 23.6 Å². The number of H-pyrrole nitrogens is 1. The summed E-state index contributed by atoms with van der Waals surface area (Å²) < 4.78 is 12.9. The lowest BCUT2D eigenvalue weighted by Gasteiger charge is -2.05. The van der Waals surface area contributed by atoms with Crippen LogP contribution in [0.2, 0.25) is 0 Å². The predicted octanol–water partition coefficient (Wildman–Crippen LogP) is 2.75. The summed E-state index contributed by atoms with van der Waals surface area (Å²) in [7, 11) is 0. The van der Waals surface area contributed by atoms with Crippen molar-refractivity contribution in [3.05, 3.63) is 82.2 Å². The Morgan fingerprint density at radius 3 is 2.41 bits per heavy atom. The molecular weight excluding hydrogens is 281 g/mol. The van der Waals surface area contributed by atoms with E-state index in [1.54, 1.807) is 24.3 Å². The summed E-state index contributed by atoms with van der Waals surface area (Å²) >= 11 is 0. The first-order valence-corrected chi connectivity index (χ1v) is 6.81. The molecule has 0 radical (unpaired) electrons. The molecule has 2 aromatic carbocycles. The SMILES string of the molecule is Nc1ccc(-c2cc(=O)[nH]c(Cc3ccc(F)cc3)n2)cc1. The van der Waals surface area contributed by atoms with Gasteiger partial charge in [-0.25, -0.2) is 9.37 Å². The molecule has 0 aliphatic rings. The number of nitrogens with zero attached hydrogens (tertiary/aromatic N) is 1. The number of aromatic amines is 1. The molecule has 1 heterocycles. The second-order valence-electron chi connectivity index (χ2n) is 5.00. The van der Waals surface area contributed by atoms with Crippen molar-refractivity contribution in [2.24, 2.45) is 0 Å². The number of nitrogens with two attached hydrogens (primary N) is 1. The molecule has 3 aromatic rings. The van der Waals surface area contributed by atoms with Crippen LogP contribution in [0.3, 0.4) is 0 Å². The van der Waals surface area contributed by atoms with E-state index in [-0.39, 0.29) is 11.4 Å². The zero-order valence-electron chi connectivity index (χ0n) is 11.7. The van der Waals surface area contributed by atoms with Crippen molar-refractivity contribution in [2.75, 3.05) is 5.73 Å². The third-order valence-electron chi connectivity index (χ3n) is 3.28.